The van der Waals surface area contributed by atoms with Crippen molar-refractivity contribution < 1.29 is 27.5 Å². The van der Waals surface area contributed by atoms with Crippen molar-refractivity contribution >= 4 is 39.0 Å². The topological polar surface area (TPSA) is 90.0 Å². The van der Waals surface area contributed by atoms with Gasteiger partial charge in [0.25, 0.3) is 10.0 Å². The van der Waals surface area contributed by atoms with Gasteiger partial charge < -0.3 is 9.47 Å². The highest BCUT2D eigenvalue weighted by Gasteiger charge is 2.29. The SMILES string of the molecule is CCOC(=O)CN(c1cccc(C(=O)OCC)c1)S(=O)(=O)c1cccs1. The van der Waals surface area contributed by atoms with Crippen LogP contribution in [0.25, 0.3) is 0 Å². The van der Waals surface area contributed by atoms with E-state index in [0.717, 1.165) is 15.6 Å². The van der Waals surface area contributed by atoms with Crippen molar-refractivity contribution in [3.63, 3.8) is 0 Å². The number of hydrogen-bond donors (Lipinski definition) is 0. The Bertz CT molecular complexity index is 861. The van der Waals surface area contributed by atoms with Crippen LogP contribution < -0.4 is 4.31 Å². The van der Waals surface area contributed by atoms with Crippen LogP contribution in [0.3, 0.4) is 0 Å². The molecule has 0 atom stereocenters. The number of carbonyl (C=O) groups excluding carboxylic acids is 2. The molecule has 1 heterocycles. The molecule has 0 fully saturated rings. The van der Waals surface area contributed by atoms with E-state index in [1.54, 1.807) is 25.3 Å². The van der Waals surface area contributed by atoms with E-state index in [4.69, 9.17) is 9.47 Å². The molecule has 0 aliphatic heterocycles. The van der Waals surface area contributed by atoms with Gasteiger partial charge in [0.05, 0.1) is 24.5 Å². The fraction of sp³-hybridized carbons (Fsp3) is 0.294. The van der Waals surface area contributed by atoms with Gasteiger partial charge in [-0.2, -0.15) is 0 Å². The second-order valence-electron chi connectivity index (χ2n) is 5.02. The van der Waals surface area contributed by atoms with E-state index in [1.165, 1.54) is 30.3 Å². The van der Waals surface area contributed by atoms with Crippen LogP contribution in [0, 0.1) is 0 Å². The smallest absolute Gasteiger partial charge is 0.338 e. The molecule has 7 nitrogen and oxygen atoms in total. The van der Waals surface area contributed by atoms with Crippen LogP contribution in [-0.4, -0.2) is 40.1 Å². The van der Waals surface area contributed by atoms with Gasteiger partial charge in [0.1, 0.15) is 10.8 Å². The summed E-state index contributed by atoms with van der Waals surface area (Å²) >= 11 is 1.04. The summed E-state index contributed by atoms with van der Waals surface area (Å²) in [6.45, 7) is 3.14. The molecule has 9 heteroatoms. The molecule has 0 N–H and O–H groups in total. The quantitative estimate of drug-likeness (QED) is 0.636. The first-order chi connectivity index (χ1) is 12.4. The maximum Gasteiger partial charge on any atom is 0.338 e. The second kappa shape index (κ2) is 8.81. The lowest BCUT2D eigenvalue weighted by Gasteiger charge is -2.23. The number of carbonyl (C=O) groups is 2. The fourth-order valence-electron chi connectivity index (χ4n) is 2.16. The Kier molecular flexibility index (Phi) is 6.76. The number of hydrogen-bond acceptors (Lipinski definition) is 7. The number of anilines is 1. The van der Waals surface area contributed by atoms with Gasteiger partial charge in [0, 0.05) is 0 Å². The van der Waals surface area contributed by atoms with Crippen molar-refractivity contribution in [2.24, 2.45) is 0 Å². The van der Waals surface area contributed by atoms with Gasteiger partial charge in [-0.25, -0.2) is 13.2 Å². The van der Waals surface area contributed by atoms with Crippen LogP contribution in [-0.2, 0) is 24.3 Å². The highest BCUT2D eigenvalue weighted by atomic mass is 32.2. The number of thiophene rings is 1. The molecule has 0 saturated heterocycles. The van der Waals surface area contributed by atoms with Crippen molar-refractivity contribution in [2.75, 3.05) is 24.1 Å². The molecule has 0 unspecified atom stereocenters. The zero-order valence-electron chi connectivity index (χ0n) is 14.4. The lowest BCUT2D eigenvalue weighted by Crippen LogP contribution is -2.36. The number of sulfonamides is 1. The van der Waals surface area contributed by atoms with E-state index < -0.39 is 28.5 Å². The molecule has 0 aliphatic carbocycles. The van der Waals surface area contributed by atoms with Crippen molar-refractivity contribution in [3.05, 3.63) is 47.3 Å². The lowest BCUT2D eigenvalue weighted by molar-refractivity contribution is -0.141. The molecule has 1 aromatic heterocycles. The highest BCUT2D eigenvalue weighted by molar-refractivity contribution is 7.94. The molecule has 0 saturated carbocycles. The zero-order chi connectivity index (χ0) is 19.2. The molecule has 2 aromatic rings. The molecule has 0 bridgehead atoms. The molecule has 0 aliphatic rings. The largest absolute Gasteiger partial charge is 0.465 e. The first-order valence-corrected chi connectivity index (χ1v) is 10.2. The Morgan fingerprint density at radius 1 is 1.08 bits per heavy atom. The van der Waals surface area contributed by atoms with Crippen LogP contribution in [0.1, 0.15) is 24.2 Å². The average Bonchev–Trinajstić information content (AvgIpc) is 3.15. The van der Waals surface area contributed by atoms with Crippen molar-refractivity contribution in [1.29, 1.82) is 0 Å². The third-order valence-corrected chi connectivity index (χ3v) is 6.41. The summed E-state index contributed by atoms with van der Waals surface area (Å²) in [7, 11) is -3.98. The van der Waals surface area contributed by atoms with Crippen molar-refractivity contribution in [3.8, 4) is 0 Å². The second-order valence-corrected chi connectivity index (χ2v) is 8.06. The number of ether oxygens (including phenoxy) is 2. The molecule has 0 radical (unpaired) electrons. The fourth-order valence-corrected chi connectivity index (χ4v) is 4.67. The van der Waals surface area contributed by atoms with E-state index >= 15 is 0 Å². The van der Waals surface area contributed by atoms with Gasteiger partial charge in [0.15, 0.2) is 0 Å². The Hall–Kier alpha value is -2.39. The summed E-state index contributed by atoms with van der Waals surface area (Å²) in [4.78, 5) is 23.9. The van der Waals surface area contributed by atoms with Crippen LogP contribution in [0.4, 0.5) is 5.69 Å². The van der Waals surface area contributed by atoms with E-state index in [0.29, 0.717) is 0 Å². The Morgan fingerprint density at radius 2 is 1.81 bits per heavy atom. The molecule has 1 aromatic carbocycles. The van der Waals surface area contributed by atoms with Crippen LogP contribution >= 0.6 is 11.3 Å². The first-order valence-electron chi connectivity index (χ1n) is 7.89. The molecular formula is C17H19NO6S2. The predicted molar refractivity (Wildman–Crippen MR) is 97.9 cm³/mol. The van der Waals surface area contributed by atoms with Gasteiger partial charge in [-0.1, -0.05) is 12.1 Å². The molecule has 2 rings (SSSR count). The molecule has 140 valence electrons. The monoisotopic (exact) mass is 397 g/mol. The summed E-state index contributed by atoms with van der Waals surface area (Å²) in [5.41, 5.74) is 0.372. The number of rotatable bonds is 8. The lowest BCUT2D eigenvalue weighted by atomic mass is 10.2. The van der Waals surface area contributed by atoms with E-state index in [-0.39, 0.29) is 28.7 Å². The molecular weight excluding hydrogens is 378 g/mol. The number of benzene rings is 1. The van der Waals surface area contributed by atoms with Crippen molar-refractivity contribution in [2.45, 2.75) is 18.1 Å². The van der Waals surface area contributed by atoms with Gasteiger partial charge in [-0.05, 0) is 43.5 Å². The number of nitrogens with zero attached hydrogens (tertiary/aromatic N) is 1. The normalized spacial score (nSPS) is 11.0. The number of esters is 2. The third kappa shape index (κ3) is 4.61. The zero-order valence-corrected chi connectivity index (χ0v) is 16.0. The van der Waals surface area contributed by atoms with Gasteiger partial charge in [0.2, 0.25) is 0 Å². The Balaban J connectivity index is 2.46. The first kappa shape index (κ1) is 19.9. The summed E-state index contributed by atoms with van der Waals surface area (Å²) < 4.78 is 36.8. The Labute approximate surface area is 156 Å². The van der Waals surface area contributed by atoms with Gasteiger partial charge in [-0.15, -0.1) is 11.3 Å². The summed E-state index contributed by atoms with van der Waals surface area (Å²) in [5.74, 6) is -1.26. The van der Waals surface area contributed by atoms with E-state index in [2.05, 4.69) is 0 Å². The maximum absolute atomic E-state index is 13.0. The maximum atomic E-state index is 13.0. The van der Waals surface area contributed by atoms with E-state index in [9.17, 15) is 18.0 Å². The third-order valence-electron chi connectivity index (χ3n) is 3.26. The standard InChI is InChI=1S/C17H19NO6S2/c1-3-23-15(19)12-18(26(21,22)16-9-6-10-25-16)14-8-5-7-13(11-14)17(20)24-4-2/h5-11H,3-4,12H2,1-2H3. The Morgan fingerprint density at radius 3 is 2.42 bits per heavy atom. The van der Waals surface area contributed by atoms with Crippen LogP contribution in [0.5, 0.6) is 0 Å². The molecule has 0 amide bonds. The molecule has 26 heavy (non-hydrogen) atoms. The van der Waals surface area contributed by atoms with Crippen molar-refractivity contribution in [1.82, 2.24) is 0 Å². The van der Waals surface area contributed by atoms with Crippen LogP contribution in [0.2, 0.25) is 0 Å². The average molecular weight is 397 g/mol. The minimum absolute atomic E-state index is 0.0864. The minimum atomic E-state index is -3.98. The minimum Gasteiger partial charge on any atom is -0.465 e. The van der Waals surface area contributed by atoms with Gasteiger partial charge >= 0.3 is 11.9 Å². The summed E-state index contributed by atoms with van der Waals surface area (Å²) in [6.07, 6.45) is 0. The van der Waals surface area contributed by atoms with Crippen LogP contribution in [0.15, 0.2) is 46.0 Å². The van der Waals surface area contributed by atoms with E-state index in [1.807, 2.05) is 0 Å². The molecule has 0 spiro atoms. The summed E-state index contributed by atoms with van der Waals surface area (Å²) in [5, 5.41) is 1.63. The highest BCUT2D eigenvalue weighted by Crippen LogP contribution is 2.27. The predicted octanol–water partition coefficient (Wildman–Crippen LogP) is 2.68. The summed E-state index contributed by atoms with van der Waals surface area (Å²) in [6, 6.07) is 8.99. The van der Waals surface area contributed by atoms with Gasteiger partial charge in [-0.3, -0.25) is 9.10 Å².